The minimum absolute atomic E-state index is 0.162. The van der Waals surface area contributed by atoms with Gasteiger partial charge in [0.25, 0.3) is 10.0 Å². The monoisotopic (exact) mass is 297 g/mol. The zero-order chi connectivity index (χ0) is 13.5. The van der Waals surface area contributed by atoms with E-state index < -0.39 is 10.0 Å². The summed E-state index contributed by atoms with van der Waals surface area (Å²) in [5, 5.41) is 1.75. The normalized spacial score (nSPS) is 13.5. The molecule has 0 atom stereocenters. The van der Waals surface area contributed by atoms with E-state index >= 15 is 0 Å². The van der Waals surface area contributed by atoms with Crippen LogP contribution >= 0.6 is 11.3 Å². The molecule has 0 spiro atoms. The van der Waals surface area contributed by atoms with Crippen molar-refractivity contribution in [3.05, 3.63) is 34.5 Å². The highest BCUT2D eigenvalue weighted by Gasteiger charge is 2.20. The topological polar surface area (TPSA) is 64.6 Å². The summed E-state index contributed by atoms with van der Waals surface area (Å²) >= 11 is 1.40. The lowest BCUT2D eigenvalue weighted by molar-refractivity contribution is 0.174. The fourth-order valence-electron chi connectivity index (χ4n) is 1.82. The quantitative estimate of drug-likeness (QED) is 0.945. The van der Waals surface area contributed by atoms with Gasteiger partial charge in [-0.25, -0.2) is 8.42 Å². The number of thiophene rings is 1. The molecule has 3 rings (SSSR count). The third-order valence-corrected chi connectivity index (χ3v) is 5.23. The average Bonchev–Trinajstić information content (AvgIpc) is 2.96. The zero-order valence-corrected chi connectivity index (χ0v) is 11.7. The van der Waals surface area contributed by atoms with E-state index in [1.165, 1.54) is 11.3 Å². The van der Waals surface area contributed by atoms with E-state index in [2.05, 4.69) is 4.72 Å². The van der Waals surface area contributed by atoms with E-state index in [0.717, 1.165) is 4.88 Å². The van der Waals surface area contributed by atoms with Crippen molar-refractivity contribution in [2.24, 2.45) is 0 Å². The Morgan fingerprint density at radius 2 is 2.00 bits per heavy atom. The van der Waals surface area contributed by atoms with Gasteiger partial charge in [0.05, 0.1) is 5.69 Å². The molecule has 2 aromatic rings. The molecule has 1 aromatic carbocycles. The summed E-state index contributed by atoms with van der Waals surface area (Å²) in [4.78, 5) is 1.06. The van der Waals surface area contributed by atoms with Crippen molar-refractivity contribution in [2.75, 3.05) is 11.5 Å². The molecule has 1 aliphatic rings. The maximum absolute atomic E-state index is 12.2. The van der Waals surface area contributed by atoms with Gasteiger partial charge in [-0.3, -0.25) is 4.72 Å². The number of benzene rings is 1. The predicted octanol–water partition coefficient (Wildman–Crippen LogP) is 2.59. The predicted molar refractivity (Wildman–Crippen MR) is 72.4 cm³/mol. The first-order chi connectivity index (χ1) is 9.06. The van der Waals surface area contributed by atoms with Gasteiger partial charge < -0.3 is 9.47 Å². The molecular weight excluding hydrogens is 286 g/mol. The van der Waals surface area contributed by atoms with Crippen molar-refractivity contribution in [3.63, 3.8) is 0 Å². The van der Waals surface area contributed by atoms with Crippen LogP contribution in [0.2, 0.25) is 0 Å². The number of hydrogen-bond acceptors (Lipinski definition) is 5. The van der Waals surface area contributed by atoms with Crippen molar-refractivity contribution < 1.29 is 17.9 Å². The zero-order valence-electron chi connectivity index (χ0n) is 10.0. The number of anilines is 1. The first-order valence-electron chi connectivity index (χ1n) is 5.53. The fraction of sp³-hybridized carbons (Fsp3) is 0.167. The van der Waals surface area contributed by atoms with Gasteiger partial charge in [-0.15, -0.1) is 11.3 Å². The van der Waals surface area contributed by atoms with Crippen molar-refractivity contribution in [3.8, 4) is 11.5 Å². The number of nitrogens with one attached hydrogen (secondary N) is 1. The molecule has 2 heterocycles. The number of rotatable bonds is 3. The van der Waals surface area contributed by atoms with E-state index in [4.69, 9.17) is 9.47 Å². The number of ether oxygens (including phenoxy) is 2. The van der Waals surface area contributed by atoms with Gasteiger partial charge in [-0.1, -0.05) is 0 Å². The van der Waals surface area contributed by atoms with Crippen LogP contribution in [-0.4, -0.2) is 15.2 Å². The van der Waals surface area contributed by atoms with E-state index in [-0.39, 0.29) is 6.79 Å². The van der Waals surface area contributed by atoms with Gasteiger partial charge in [-0.05, 0) is 30.5 Å². The van der Waals surface area contributed by atoms with E-state index in [9.17, 15) is 8.42 Å². The Balaban J connectivity index is 1.91. The molecule has 1 aliphatic heterocycles. The number of fused-ring (bicyclic) bond motifs is 1. The van der Waals surface area contributed by atoms with Crippen molar-refractivity contribution >= 4 is 27.0 Å². The number of hydrogen-bond donors (Lipinski definition) is 1. The Kier molecular flexibility index (Phi) is 2.87. The van der Waals surface area contributed by atoms with Crippen LogP contribution in [0, 0.1) is 6.92 Å². The molecule has 0 aliphatic carbocycles. The van der Waals surface area contributed by atoms with Gasteiger partial charge in [0, 0.05) is 10.9 Å². The van der Waals surface area contributed by atoms with Crippen LogP contribution in [0.1, 0.15) is 4.88 Å². The Hall–Kier alpha value is -1.73. The van der Waals surface area contributed by atoms with Crippen LogP contribution in [0.15, 0.2) is 34.5 Å². The summed E-state index contributed by atoms with van der Waals surface area (Å²) in [6, 6.07) is 6.53. The summed E-state index contributed by atoms with van der Waals surface area (Å²) in [5.74, 6) is 1.16. The first kappa shape index (κ1) is 12.3. The highest BCUT2D eigenvalue weighted by molar-refractivity contribution is 7.93. The molecule has 1 aromatic heterocycles. The lowest BCUT2D eigenvalue weighted by Crippen LogP contribution is -2.12. The van der Waals surface area contributed by atoms with Gasteiger partial charge in [0.1, 0.15) is 4.90 Å². The maximum atomic E-state index is 12.2. The van der Waals surface area contributed by atoms with Crippen LogP contribution in [-0.2, 0) is 10.0 Å². The smallest absolute Gasteiger partial charge is 0.262 e. The Labute approximate surface area is 114 Å². The van der Waals surface area contributed by atoms with Crippen molar-refractivity contribution in [1.82, 2.24) is 0 Å². The van der Waals surface area contributed by atoms with Crippen LogP contribution in [0.5, 0.6) is 11.5 Å². The number of sulfonamides is 1. The second-order valence-corrected chi connectivity index (χ2v) is 6.79. The van der Waals surface area contributed by atoms with E-state index in [1.807, 2.05) is 0 Å². The molecule has 0 fully saturated rings. The molecular formula is C12H11NO4S2. The standard InChI is InChI=1S/C12H11NO4S2/c1-8-12(4-5-18-8)19(14,15)13-9-2-3-10-11(6-9)17-7-16-10/h2-6,13H,7H2,1H3. The third kappa shape index (κ3) is 2.26. The third-order valence-electron chi connectivity index (χ3n) is 2.73. The van der Waals surface area contributed by atoms with E-state index in [0.29, 0.717) is 22.1 Å². The summed E-state index contributed by atoms with van der Waals surface area (Å²) in [6.45, 7) is 1.94. The maximum Gasteiger partial charge on any atom is 0.262 e. The lowest BCUT2D eigenvalue weighted by Gasteiger charge is -2.08. The highest BCUT2D eigenvalue weighted by Crippen LogP contribution is 2.35. The summed E-state index contributed by atoms with van der Waals surface area (Å²) in [6.07, 6.45) is 0. The van der Waals surface area contributed by atoms with Gasteiger partial charge >= 0.3 is 0 Å². The number of aryl methyl sites for hydroxylation is 1. The fourth-order valence-corrected chi connectivity index (χ4v) is 4.15. The SMILES string of the molecule is Cc1sccc1S(=O)(=O)Nc1ccc2c(c1)OCO2. The second kappa shape index (κ2) is 4.43. The highest BCUT2D eigenvalue weighted by atomic mass is 32.2. The minimum Gasteiger partial charge on any atom is -0.454 e. The van der Waals surface area contributed by atoms with Crippen molar-refractivity contribution in [1.29, 1.82) is 0 Å². The molecule has 19 heavy (non-hydrogen) atoms. The largest absolute Gasteiger partial charge is 0.454 e. The molecule has 7 heteroatoms. The molecule has 0 amide bonds. The van der Waals surface area contributed by atoms with Crippen LogP contribution in [0.4, 0.5) is 5.69 Å². The molecule has 0 bridgehead atoms. The average molecular weight is 297 g/mol. The van der Waals surface area contributed by atoms with Crippen LogP contribution in [0.25, 0.3) is 0 Å². The molecule has 0 saturated heterocycles. The Morgan fingerprint density at radius 1 is 1.21 bits per heavy atom. The molecule has 5 nitrogen and oxygen atoms in total. The summed E-state index contributed by atoms with van der Waals surface area (Å²) in [7, 11) is -3.55. The van der Waals surface area contributed by atoms with Gasteiger partial charge in [0.15, 0.2) is 11.5 Å². The lowest BCUT2D eigenvalue weighted by atomic mass is 10.3. The molecule has 100 valence electrons. The second-order valence-electron chi connectivity index (χ2n) is 4.01. The summed E-state index contributed by atoms with van der Waals surface area (Å²) < 4.78 is 37.3. The Bertz CT molecular complexity index is 721. The van der Waals surface area contributed by atoms with Crippen LogP contribution in [0.3, 0.4) is 0 Å². The Morgan fingerprint density at radius 3 is 2.74 bits per heavy atom. The molecule has 0 saturated carbocycles. The van der Waals surface area contributed by atoms with Gasteiger partial charge in [-0.2, -0.15) is 0 Å². The minimum atomic E-state index is -3.55. The first-order valence-corrected chi connectivity index (χ1v) is 7.89. The summed E-state index contributed by atoms with van der Waals surface area (Å²) in [5.41, 5.74) is 0.454. The molecule has 0 unspecified atom stereocenters. The van der Waals surface area contributed by atoms with Crippen molar-refractivity contribution in [2.45, 2.75) is 11.8 Å². The molecule has 1 N–H and O–H groups in total. The van der Waals surface area contributed by atoms with E-state index in [1.54, 1.807) is 36.6 Å². The van der Waals surface area contributed by atoms with Gasteiger partial charge in [0.2, 0.25) is 6.79 Å². The van der Waals surface area contributed by atoms with Crippen LogP contribution < -0.4 is 14.2 Å². The molecule has 0 radical (unpaired) electrons.